The van der Waals surface area contributed by atoms with E-state index < -0.39 is 0 Å². The third-order valence-electron chi connectivity index (χ3n) is 3.02. The minimum atomic E-state index is 0.546. The summed E-state index contributed by atoms with van der Waals surface area (Å²) in [5.41, 5.74) is 0. The standard InChI is InChI=1S/C11H17BrN4/c1-2-16-5-3-9(4-6-16)15-11-7-10(12)13-8-14-11/h7-9H,2-6H2,1H3,(H,13,14,15). The second kappa shape index (κ2) is 5.59. The molecule has 0 amide bonds. The fraction of sp³-hybridized carbons (Fsp3) is 0.636. The Morgan fingerprint density at radius 1 is 1.44 bits per heavy atom. The number of likely N-dealkylation sites (tertiary alicyclic amines) is 1. The Balaban J connectivity index is 1.87. The summed E-state index contributed by atoms with van der Waals surface area (Å²) < 4.78 is 0.830. The highest BCUT2D eigenvalue weighted by Gasteiger charge is 2.17. The van der Waals surface area contributed by atoms with Gasteiger partial charge in [0.1, 0.15) is 16.7 Å². The van der Waals surface area contributed by atoms with Crippen molar-refractivity contribution < 1.29 is 0 Å². The Morgan fingerprint density at radius 2 is 2.19 bits per heavy atom. The van der Waals surface area contributed by atoms with Gasteiger partial charge in [0.2, 0.25) is 0 Å². The molecule has 0 aromatic carbocycles. The number of nitrogens with zero attached hydrogens (tertiary/aromatic N) is 3. The number of rotatable bonds is 3. The van der Waals surface area contributed by atoms with Gasteiger partial charge in [-0.25, -0.2) is 9.97 Å². The number of halogens is 1. The smallest absolute Gasteiger partial charge is 0.130 e. The second-order valence-corrected chi connectivity index (χ2v) is 4.89. The summed E-state index contributed by atoms with van der Waals surface area (Å²) in [5, 5.41) is 3.46. The molecule has 2 heterocycles. The van der Waals surface area contributed by atoms with E-state index in [4.69, 9.17) is 0 Å². The molecule has 1 aromatic rings. The highest BCUT2D eigenvalue weighted by Crippen LogP contribution is 2.16. The largest absolute Gasteiger partial charge is 0.367 e. The molecular weight excluding hydrogens is 268 g/mol. The van der Waals surface area contributed by atoms with Gasteiger partial charge in [-0.3, -0.25) is 0 Å². The van der Waals surface area contributed by atoms with Crippen LogP contribution in [0.2, 0.25) is 0 Å². The van der Waals surface area contributed by atoms with Crippen LogP contribution in [0.3, 0.4) is 0 Å². The second-order valence-electron chi connectivity index (χ2n) is 4.08. The van der Waals surface area contributed by atoms with Crippen LogP contribution < -0.4 is 5.32 Å². The molecule has 4 nitrogen and oxygen atoms in total. The molecule has 0 radical (unpaired) electrons. The van der Waals surface area contributed by atoms with Crippen molar-refractivity contribution in [1.29, 1.82) is 0 Å². The van der Waals surface area contributed by atoms with Gasteiger partial charge in [-0.15, -0.1) is 0 Å². The molecule has 0 unspecified atom stereocenters. The van der Waals surface area contributed by atoms with E-state index in [-0.39, 0.29) is 0 Å². The predicted molar refractivity (Wildman–Crippen MR) is 68.5 cm³/mol. The van der Waals surface area contributed by atoms with E-state index in [9.17, 15) is 0 Å². The van der Waals surface area contributed by atoms with Crippen LogP contribution in [0.15, 0.2) is 17.0 Å². The summed E-state index contributed by atoms with van der Waals surface area (Å²) in [5.74, 6) is 0.914. The molecule has 1 fully saturated rings. The fourth-order valence-electron chi connectivity index (χ4n) is 2.02. The molecule has 16 heavy (non-hydrogen) atoms. The summed E-state index contributed by atoms with van der Waals surface area (Å²) in [7, 11) is 0. The van der Waals surface area contributed by atoms with Gasteiger partial charge in [-0.1, -0.05) is 6.92 Å². The van der Waals surface area contributed by atoms with Crippen molar-refractivity contribution in [3.05, 3.63) is 17.0 Å². The first-order valence-electron chi connectivity index (χ1n) is 5.74. The average molecular weight is 285 g/mol. The molecule has 88 valence electrons. The highest BCUT2D eigenvalue weighted by molar-refractivity contribution is 9.10. The molecule has 1 aromatic heterocycles. The molecule has 1 N–H and O–H groups in total. The first-order valence-corrected chi connectivity index (χ1v) is 6.53. The molecule has 0 aliphatic carbocycles. The van der Waals surface area contributed by atoms with Crippen LogP contribution in [0.5, 0.6) is 0 Å². The van der Waals surface area contributed by atoms with E-state index in [1.54, 1.807) is 6.33 Å². The van der Waals surface area contributed by atoms with Crippen LogP contribution in [0.25, 0.3) is 0 Å². The lowest BCUT2D eigenvalue weighted by molar-refractivity contribution is 0.229. The van der Waals surface area contributed by atoms with Crippen molar-refractivity contribution in [2.45, 2.75) is 25.8 Å². The fourth-order valence-corrected chi connectivity index (χ4v) is 2.32. The molecule has 1 saturated heterocycles. The molecule has 0 saturated carbocycles. The number of hydrogen-bond donors (Lipinski definition) is 1. The van der Waals surface area contributed by atoms with Crippen molar-refractivity contribution >= 4 is 21.7 Å². The van der Waals surface area contributed by atoms with Crippen molar-refractivity contribution in [2.75, 3.05) is 25.0 Å². The minimum Gasteiger partial charge on any atom is -0.367 e. The van der Waals surface area contributed by atoms with Gasteiger partial charge >= 0.3 is 0 Å². The molecule has 0 bridgehead atoms. The summed E-state index contributed by atoms with van der Waals surface area (Å²) in [4.78, 5) is 10.7. The van der Waals surface area contributed by atoms with Crippen LogP contribution in [-0.2, 0) is 0 Å². The number of anilines is 1. The summed E-state index contributed by atoms with van der Waals surface area (Å²) in [6.07, 6.45) is 3.96. The SMILES string of the molecule is CCN1CCC(Nc2cc(Br)ncn2)CC1. The van der Waals surface area contributed by atoms with Crippen LogP contribution >= 0.6 is 15.9 Å². The maximum absolute atomic E-state index is 4.21. The Hall–Kier alpha value is -0.680. The zero-order chi connectivity index (χ0) is 11.4. The first-order chi connectivity index (χ1) is 7.78. The van der Waals surface area contributed by atoms with E-state index in [0.29, 0.717) is 6.04 Å². The first kappa shape index (κ1) is 11.8. The lowest BCUT2D eigenvalue weighted by Gasteiger charge is -2.31. The number of aromatic nitrogens is 2. The zero-order valence-corrected chi connectivity index (χ0v) is 11.1. The van der Waals surface area contributed by atoms with Gasteiger partial charge < -0.3 is 10.2 Å². The maximum atomic E-state index is 4.21. The molecular formula is C11H17BrN4. The van der Waals surface area contributed by atoms with Crippen molar-refractivity contribution in [3.8, 4) is 0 Å². The summed E-state index contributed by atoms with van der Waals surface area (Å²) in [6, 6.07) is 2.47. The molecule has 0 atom stereocenters. The van der Waals surface area contributed by atoms with E-state index in [1.807, 2.05) is 6.07 Å². The van der Waals surface area contributed by atoms with Crippen molar-refractivity contribution in [2.24, 2.45) is 0 Å². The highest BCUT2D eigenvalue weighted by atomic mass is 79.9. The maximum Gasteiger partial charge on any atom is 0.130 e. The molecule has 5 heteroatoms. The van der Waals surface area contributed by atoms with Crippen LogP contribution in [-0.4, -0.2) is 40.5 Å². The topological polar surface area (TPSA) is 41.0 Å². The zero-order valence-electron chi connectivity index (χ0n) is 9.49. The van der Waals surface area contributed by atoms with Crippen LogP contribution in [0.1, 0.15) is 19.8 Å². The van der Waals surface area contributed by atoms with Gasteiger partial charge in [-0.2, -0.15) is 0 Å². The lowest BCUT2D eigenvalue weighted by atomic mass is 10.1. The van der Waals surface area contributed by atoms with E-state index in [0.717, 1.165) is 17.0 Å². The van der Waals surface area contributed by atoms with Crippen molar-refractivity contribution in [3.63, 3.8) is 0 Å². The van der Waals surface area contributed by atoms with Crippen molar-refractivity contribution in [1.82, 2.24) is 14.9 Å². The van der Waals surface area contributed by atoms with E-state index in [2.05, 4.69) is 43.0 Å². The Labute approximate surface area is 105 Å². The molecule has 1 aliphatic heterocycles. The van der Waals surface area contributed by atoms with Gasteiger partial charge in [0, 0.05) is 25.2 Å². The van der Waals surface area contributed by atoms with E-state index in [1.165, 1.54) is 25.9 Å². The summed E-state index contributed by atoms with van der Waals surface area (Å²) in [6.45, 7) is 5.74. The van der Waals surface area contributed by atoms with Gasteiger partial charge in [0.25, 0.3) is 0 Å². The normalized spacial score (nSPS) is 18.6. The minimum absolute atomic E-state index is 0.546. The lowest BCUT2D eigenvalue weighted by Crippen LogP contribution is -2.38. The Kier molecular flexibility index (Phi) is 4.12. The van der Waals surface area contributed by atoms with Gasteiger partial charge in [0.15, 0.2) is 0 Å². The molecule has 0 spiro atoms. The number of piperidine rings is 1. The van der Waals surface area contributed by atoms with Gasteiger partial charge in [-0.05, 0) is 35.3 Å². The Morgan fingerprint density at radius 3 is 2.81 bits per heavy atom. The van der Waals surface area contributed by atoms with Crippen LogP contribution in [0.4, 0.5) is 5.82 Å². The van der Waals surface area contributed by atoms with E-state index >= 15 is 0 Å². The monoisotopic (exact) mass is 284 g/mol. The average Bonchev–Trinajstić information content (AvgIpc) is 2.30. The quantitative estimate of drug-likeness (QED) is 0.864. The predicted octanol–water partition coefficient (Wildman–Crippen LogP) is 2.14. The van der Waals surface area contributed by atoms with Gasteiger partial charge in [0.05, 0.1) is 0 Å². The number of hydrogen-bond acceptors (Lipinski definition) is 4. The third kappa shape index (κ3) is 3.15. The third-order valence-corrected chi connectivity index (χ3v) is 3.45. The molecule has 1 aliphatic rings. The molecule has 2 rings (SSSR count). The summed E-state index contributed by atoms with van der Waals surface area (Å²) >= 11 is 3.35. The van der Waals surface area contributed by atoms with Crippen LogP contribution in [0, 0.1) is 0 Å². The Bertz CT molecular complexity index is 337. The number of nitrogens with one attached hydrogen (secondary N) is 1.